The van der Waals surface area contributed by atoms with Gasteiger partial charge in [0.05, 0.1) is 11.3 Å². The van der Waals surface area contributed by atoms with Crippen LogP contribution in [-0.2, 0) is 23.7 Å². The molecule has 2 aliphatic carbocycles. The lowest BCUT2D eigenvalue weighted by Gasteiger charge is -2.44. The number of aromatic nitrogens is 4. The lowest BCUT2D eigenvalue weighted by atomic mass is 9.58. The van der Waals surface area contributed by atoms with Crippen molar-refractivity contribution in [1.82, 2.24) is 20.0 Å². The number of allylic oxidation sites excluding steroid dienone is 2. The second-order valence-electron chi connectivity index (χ2n) is 7.18. The number of fused-ring (bicyclic) bond motifs is 3. The molecule has 0 aromatic carbocycles. The van der Waals surface area contributed by atoms with Gasteiger partial charge in [-0.15, -0.1) is 10.2 Å². The molecular weight excluding hydrogens is 318 g/mol. The van der Waals surface area contributed by atoms with Crippen LogP contribution in [0.15, 0.2) is 16.1 Å². The summed E-state index contributed by atoms with van der Waals surface area (Å²) in [5.41, 5.74) is 2.59. The monoisotopic (exact) mass is 337 g/mol. The molecule has 0 aliphatic heterocycles. The van der Waals surface area contributed by atoms with Gasteiger partial charge in [-0.1, -0.05) is 19.9 Å². The Bertz CT molecular complexity index is 961. The molecule has 4 rings (SSSR count). The maximum Gasteiger partial charge on any atom is 0.266 e. The molecule has 0 radical (unpaired) electrons. The van der Waals surface area contributed by atoms with Gasteiger partial charge in [0.1, 0.15) is 11.8 Å². The summed E-state index contributed by atoms with van der Waals surface area (Å²) in [6.07, 6.45) is 3.47. The second-order valence-corrected chi connectivity index (χ2v) is 7.18. The standard InChI is InChI=1S/C18H19N5O2/c1-9-13-6-5-12-14(17-21-20-10(2)25-17)23(4)22-16(12)18(13,3)7-11(8-19)15(9)24/h7,9,13H,5-6H2,1-4H3. The van der Waals surface area contributed by atoms with Crippen molar-refractivity contribution in [2.75, 3.05) is 0 Å². The van der Waals surface area contributed by atoms with E-state index in [1.54, 1.807) is 11.6 Å². The van der Waals surface area contributed by atoms with Crippen molar-refractivity contribution in [2.24, 2.45) is 18.9 Å². The number of Topliss-reactive ketones (excluding diaryl/α,β-unsaturated/α-hetero) is 1. The van der Waals surface area contributed by atoms with Crippen LogP contribution in [0.4, 0.5) is 0 Å². The topological polar surface area (TPSA) is 97.6 Å². The lowest BCUT2D eigenvalue weighted by Crippen LogP contribution is -2.45. The average Bonchev–Trinajstić information content (AvgIpc) is 3.14. The Balaban J connectivity index is 1.94. The first-order valence-corrected chi connectivity index (χ1v) is 8.40. The van der Waals surface area contributed by atoms with Gasteiger partial charge in [-0.05, 0) is 18.8 Å². The molecule has 0 N–H and O–H groups in total. The molecule has 0 saturated heterocycles. The van der Waals surface area contributed by atoms with E-state index < -0.39 is 5.41 Å². The smallest absolute Gasteiger partial charge is 0.266 e. The number of aryl methyl sites for hydroxylation is 2. The van der Waals surface area contributed by atoms with Crippen molar-refractivity contribution in [2.45, 2.75) is 39.0 Å². The molecule has 0 fully saturated rings. The predicted octanol–water partition coefficient (Wildman–Crippen LogP) is 2.27. The van der Waals surface area contributed by atoms with Gasteiger partial charge < -0.3 is 4.42 Å². The molecule has 25 heavy (non-hydrogen) atoms. The fourth-order valence-electron chi connectivity index (χ4n) is 4.50. The van der Waals surface area contributed by atoms with Crippen LogP contribution in [-0.4, -0.2) is 25.8 Å². The number of hydrogen-bond donors (Lipinski definition) is 0. The molecule has 3 unspecified atom stereocenters. The number of rotatable bonds is 1. The van der Waals surface area contributed by atoms with Crippen molar-refractivity contribution in [3.8, 4) is 17.7 Å². The third-order valence-electron chi connectivity index (χ3n) is 5.71. The predicted molar refractivity (Wildman–Crippen MR) is 88.3 cm³/mol. The zero-order valence-electron chi connectivity index (χ0n) is 14.7. The maximum absolute atomic E-state index is 12.4. The third kappa shape index (κ3) is 2.03. The van der Waals surface area contributed by atoms with E-state index in [9.17, 15) is 10.1 Å². The highest BCUT2D eigenvalue weighted by molar-refractivity contribution is 6.02. The highest BCUT2D eigenvalue weighted by atomic mass is 16.4. The van der Waals surface area contributed by atoms with Gasteiger partial charge in [0.15, 0.2) is 5.78 Å². The highest BCUT2D eigenvalue weighted by Crippen LogP contribution is 2.50. The Hall–Kier alpha value is -2.75. The summed E-state index contributed by atoms with van der Waals surface area (Å²) in [7, 11) is 1.86. The summed E-state index contributed by atoms with van der Waals surface area (Å²) in [5, 5.41) is 22.2. The molecule has 2 aliphatic rings. The minimum absolute atomic E-state index is 0.0582. The molecule has 2 aromatic heterocycles. The number of carbonyl (C=O) groups is 1. The van der Waals surface area contributed by atoms with E-state index >= 15 is 0 Å². The summed E-state index contributed by atoms with van der Waals surface area (Å²) in [5.74, 6) is 0.858. The largest absolute Gasteiger partial charge is 0.420 e. The van der Waals surface area contributed by atoms with Crippen LogP contribution in [0.1, 0.15) is 37.4 Å². The molecule has 0 bridgehead atoms. The minimum Gasteiger partial charge on any atom is -0.420 e. The molecule has 7 nitrogen and oxygen atoms in total. The van der Waals surface area contributed by atoms with Crippen molar-refractivity contribution in [3.63, 3.8) is 0 Å². The molecule has 0 saturated carbocycles. The zero-order valence-corrected chi connectivity index (χ0v) is 14.7. The summed E-state index contributed by atoms with van der Waals surface area (Å²) < 4.78 is 7.39. The molecule has 128 valence electrons. The number of nitriles is 1. The van der Waals surface area contributed by atoms with Crippen LogP contribution >= 0.6 is 0 Å². The molecule has 0 spiro atoms. The maximum atomic E-state index is 12.4. The first kappa shape index (κ1) is 15.8. The van der Waals surface area contributed by atoms with E-state index in [0.29, 0.717) is 11.8 Å². The summed E-state index contributed by atoms with van der Waals surface area (Å²) in [6.45, 7) is 5.75. The van der Waals surface area contributed by atoms with E-state index in [4.69, 9.17) is 9.52 Å². The van der Waals surface area contributed by atoms with E-state index in [-0.39, 0.29) is 23.2 Å². The van der Waals surface area contributed by atoms with Gasteiger partial charge in [0.25, 0.3) is 5.89 Å². The molecule has 2 heterocycles. The third-order valence-corrected chi connectivity index (χ3v) is 5.71. The molecular formula is C18H19N5O2. The zero-order chi connectivity index (χ0) is 17.9. The lowest BCUT2D eigenvalue weighted by molar-refractivity contribution is -0.121. The van der Waals surface area contributed by atoms with E-state index in [2.05, 4.69) is 23.2 Å². The molecule has 0 amide bonds. The first-order valence-electron chi connectivity index (χ1n) is 8.40. The fourth-order valence-corrected chi connectivity index (χ4v) is 4.50. The van der Waals surface area contributed by atoms with Gasteiger partial charge in [-0.3, -0.25) is 9.48 Å². The first-order chi connectivity index (χ1) is 11.9. The van der Waals surface area contributed by atoms with Crippen LogP contribution in [0.2, 0.25) is 0 Å². The average molecular weight is 337 g/mol. The number of hydrogen-bond acceptors (Lipinski definition) is 6. The summed E-state index contributed by atoms with van der Waals surface area (Å²) >= 11 is 0. The highest BCUT2D eigenvalue weighted by Gasteiger charge is 2.50. The Morgan fingerprint density at radius 3 is 2.84 bits per heavy atom. The quantitative estimate of drug-likeness (QED) is 0.792. The number of carbonyl (C=O) groups excluding carboxylic acids is 1. The summed E-state index contributed by atoms with van der Waals surface area (Å²) in [4.78, 5) is 12.4. The molecule has 2 aromatic rings. The van der Waals surface area contributed by atoms with E-state index in [0.717, 1.165) is 29.8 Å². The van der Waals surface area contributed by atoms with Gasteiger partial charge in [-0.25, -0.2) is 0 Å². The van der Waals surface area contributed by atoms with Crippen molar-refractivity contribution < 1.29 is 9.21 Å². The van der Waals surface area contributed by atoms with Gasteiger partial charge >= 0.3 is 0 Å². The van der Waals surface area contributed by atoms with Crippen molar-refractivity contribution in [1.29, 1.82) is 5.26 Å². The van der Waals surface area contributed by atoms with Crippen LogP contribution < -0.4 is 0 Å². The van der Waals surface area contributed by atoms with Crippen molar-refractivity contribution >= 4 is 5.78 Å². The Labute approximate surface area is 145 Å². The van der Waals surface area contributed by atoms with Crippen LogP contribution in [0.5, 0.6) is 0 Å². The Morgan fingerprint density at radius 2 is 2.20 bits per heavy atom. The Morgan fingerprint density at radius 1 is 1.44 bits per heavy atom. The SMILES string of the molecule is Cc1nnc(-c2c3c(nn2C)C2(C)C=C(C#N)C(=O)C(C)C2CC3)o1. The van der Waals surface area contributed by atoms with Crippen LogP contribution in [0.25, 0.3) is 11.6 Å². The summed E-state index contributed by atoms with van der Waals surface area (Å²) in [6, 6.07) is 2.07. The second kappa shape index (κ2) is 5.12. The Kier molecular flexibility index (Phi) is 3.23. The van der Waals surface area contributed by atoms with E-state index in [1.807, 2.05) is 20.0 Å². The van der Waals surface area contributed by atoms with Crippen LogP contribution in [0, 0.1) is 30.1 Å². The molecule has 3 atom stereocenters. The van der Waals surface area contributed by atoms with Crippen LogP contribution in [0.3, 0.4) is 0 Å². The normalized spacial score (nSPS) is 28.1. The fraction of sp³-hybridized carbons (Fsp3) is 0.500. The molecule has 7 heteroatoms. The number of ketones is 1. The van der Waals surface area contributed by atoms with Gasteiger partial charge in [0, 0.05) is 30.9 Å². The number of nitrogens with zero attached hydrogens (tertiary/aromatic N) is 5. The van der Waals surface area contributed by atoms with E-state index in [1.165, 1.54) is 0 Å². The van der Waals surface area contributed by atoms with Crippen molar-refractivity contribution in [3.05, 3.63) is 28.8 Å². The van der Waals surface area contributed by atoms with Gasteiger partial charge in [0.2, 0.25) is 5.89 Å². The minimum atomic E-state index is -0.447. The van der Waals surface area contributed by atoms with Gasteiger partial charge in [-0.2, -0.15) is 10.4 Å².